The van der Waals surface area contributed by atoms with Crippen molar-refractivity contribution in [2.24, 2.45) is 4.99 Å². The Kier molecular flexibility index (Phi) is 7.36. The Labute approximate surface area is 159 Å². The molecule has 0 aliphatic carbocycles. The van der Waals surface area contributed by atoms with Gasteiger partial charge in [0.15, 0.2) is 5.96 Å². The minimum Gasteiger partial charge on any atom is -0.352 e. The number of hydrogen-bond donors (Lipinski definition) is 3. The highest BCUT2D eigenvalue weighted by atomic mass is 19.4. The lowest BCUT2D eigenvalue weighted by Gasteiger charge is -2.16. The van der Waals surface area contributed by atoms with Crippen LogP contribution in [0.15, 0.2) is 53.5 Å². The third-order valence-corrected chi connectivity index (χ3v) is 3.80. The van der Waals surface area contributed by atoms with Gasteiger partial charge in [0.05, 0.1) is 12.1 Å². The molecule has 0 aromatic heterocycles. The van der Waals surface area contributed by atoms with Crippen LogP contribution in [-0.4, -0.2) is 25.5 Å². The Morgan fingerprint density at radius 3 is 2.36 bits per heavy atom. The summed E-state index contributed by atoms with van der Waals surface area (Å²) in [5.74, 6) is -1.12. The lowest BCUT2D eigenvalue weighted by molar-refractivity contribution is -0.138. The Balaban J connectivity index is 1.86. The number of nitrogens with one attached hydrogen (secondary N) is 3. The summed E-state index contributed by atoms with van der Waals surface area (Å²) in [5, 5.41) is 8.11. The molecule has 9 heteroatoms. The topological polar surface area (TPSA) is 65.5 Å². The zero-order valence-electron chi connectivity index (χ0n) is 15.1. The van der Waals surface area contributed by atoms with Crippen LogP contribution in [0.4, 0.5) is 17.6 Å². The van der Waals surface area contributed by atoms with Crippen LogP contribution in [-0.2, 0) is 24.1 Å². The van der Waals surface area contributed by atoms with Crippen LogP contribution in [0.5, 0.6) is 0 Å². The van der Waals surface area contributed by atoms with Crippen molar-refractivity contribution in [1.82, 2.24) is 16.0 Å². The second kappa shape index (κ2) is 9.72. The maximum Gasteiger partial charge on any atom is 0.416 e. The van der Waals surface area contributed by atoms with E-state index in [1.165, 1.54) is 7.05 Å². The van der Waals surface area contributed by atoms with E-state index in [9.17, 15) is 22.4 Å². The lowest BCUT2D eigenvalue weighted by atomic mass is 10.1. The number of benzene rings is 2. The number of carbonyl (C=O) groups excluding carboxylic acids is 1. The fraction of sp³-hybridized carbons (Fsp3) is 0.263. The summed E-state index contributed by atoms with van der Waals surface area (Å²) in [6.45, 7) is 0.0143. The molecule has 1 amide bonds. The first-order valence-corrected chi connectivity index (χ1v) is 8.40. The first kappa shape index (κ1) is 21.2. The predicted octanol–water partition coefficient (Wildman–Crippen LogP) is 2.83. The first-order chi connectivity index (χ1) is 13.3. The van der Waals surface area contributed by atoms with Gasteiger partial charge in [-0.05, 0) is 23.3 Å². The summed E-state index contributed by atoms with van der Waals surface area (Å²) in [7, 11) is 1.42. The van der Waals surface area contributed by atoms with Crippen LogP contribution >= 0.6 is 0 Å². The number of carbonyl (C=O) groups is 1. The van der Waals surface area contributed by atoms with E-state index in [0.29, 0.717) is 12.6 Å². The Hall–Kier alpha value is -3.10. The van der Waals surface area contributed by atoms with E-state index in [2.05, 4.69) is 20.9 Å². The third kappa shape index (κ3) is 6.57. The number of amides is 1. The standard InChI is InChI=1S/C19H20F4N4O/c1-24-18(27-12-17(28)25-10-13-5-3-2-4-6-13)26-11-14-7-8-15(20)9-16(14)19(21,22)23/h2-9H,10-12H2,1H3,(H,25,28)(H2,24,26,27). The molecule has 0 atom stereocenters. The molecule has 0 fully saturated rings. The van der Waals surface area contributed by atoms with Crippen molar-refractivity contribution >= 4 is 11.9 Å². The molecule has 150 valence electrons. The van der Waals surface area contributed by atoms with E-state index in [-0.39, 0.29) is 30.5 Å². The van der Waals surface area contributed by atoms with Gasteiger partial charge in [-0.25, -0.2) is 4.39 Å². The number of aliphatic imine (C=N–C) groups is 1. The lowest BCUT2D eigenvalue weighted by Crippen LogP contribution is -2.42. The highest BCUT2D eigenvalue weighted by Gasteiger charge is 2.33. The van der Waals surface area contributed by atoms with Gasteiger partial charge >= 0.3 is 6.18 Å². The highest BCUT2D eigenvalue weighted by molar-refractivity contribution is 5.86. The number of alkyl halides is 3. The van der Waals surface area contributed by atoms with Gasteiger partial charge in [0.2, 0.25) is 5.91 Å². The van der Waals surface area contributed by atoms with Gasteiger partial charge in [0.25, 0.3) is 0 Å². The van der Waals surface area contributed by atoms with Crippen LogP contribution in [0.25, 0.3) is 0 Å². The van der Waals surface area contributed by atoms with Gasteiger partial charge in [0.1, 0.15) is 5.82 Å². The van der Waals surface area contributed by atoms with Gasteiger partial charge in [-0.3, -0.25) is 9.79 Å². The molecule has 0 saturated heterocycles. The third-order valence-electron chi connectivity index (χ3n) is 3.80. The molecule has 0 spiro atoms. The zero-order valence-corrected chi connectivity index (χ0v) is 15.1. The van der Waals surface area contributed by atoms with Crippen LogP contribution in [0.1, 0.15) is 16.7 Å². The molecule has 2 aromatic rings. The summed E-state index contributed by atoms with van der Waals surface area (Å²) in [6.07, 6.45) is -4.67. The molecule has 3 N–H and O–H groups in total. The van der Waals surface area contributed by atoms with Gasteiger partial charge in [-0.1, -0.05) is 36.4 Å². The molecular weight excluding hydrogens is 376 g/mol. The van der Waals surface area contributed by atoms with E-state index >= 15 is 0 Å². The van der Waals surface area contributed by atoms with E-state index in [1.54, 1.807) is 0 Å². The van der Waals surface area contributed by atoms with Crippen molar-refractivity contribution < 1.29 is 22.4 Å². The number of guanidine groups is 1. The monoisotopic (exact) mass is 396 g/mol. The molecule has 2 rings (SSSR count). The minimum atomic E-state index is -4.67. The number of halogens is 4. The molecule has 5 nitrogen and oxygen atoms in total. The fourth-order valence-electron chi connectivity index (χ4n) is 2.39. The maximum absolute atomic E-state index is 13.1. The van der Waals surface area contributed by atoms with Gasteiger partial charge in [-0.15, -0.1) is 0 Å². The molecular formula is C19H20F4N4O. The van der Waals surface area contributed by atoms with Crippen molar-refractivity contribution in [3.05, 3.63) is 71.0 Å². The van der Waals surface area contributed by atoms with E-state index < -0.39 is 17.6 Å². The van der Waals surface area contributed by atoms with Crippen LogP contribution in [0, 0.1) is 5.82 Å². The summed E-state index contributed by atoms with van der Waals surface area (Å²) in [6, 6.07) is 11.8. The summed E-state index contributed by atoms with van der Waals surface area (Å²) in [5.41, 5.74) is -0.254. The summed E-state index contributed by atoms with van der Waals surface area (Å²) in [4.78, 5) is 15.7. The molecule has 0 aliphatic rings. The molecule has 0 saturated carbocycles. The van der Waals surface area contributed by atoms with Crippen molar-refractivity contribution in [2.45, 2.75) is 19.3 Å². The zero-order chi connectivity index (χ0) is 20.6. The molecule has 0 radical (unpaired) electrons. The smallest absolute Gasteiger partial charge is 0.352 e. The van der Waals surface area contributed by atoms with E-state index in [0.717, 1.165) is 17.7 Å². The summed E-state index contributed by atoms with van der Waals surface area (Å²) < 4.78 is 52.2. The van der Waals surface area contributed by atoms with E-state index in [4.69, 9.17) is 0 Å². The average molecular weight is 396 g/mol. The Morgan fingerprint density at radius 1 is 1.00 bits per heavy atom. The van der Waals surface area contributed by atoms with Crippen LogP contribution in [0.2, 0.25) is 0 Å². The molecule has 0 unspecified atom stereocenters. The Bertz CT molecular complexity index is 822. The predicted molar refractivity (Wildman–Crippen MR) is 97.9 cm³/mol. The second-order valence-electron chi connectivity index (χ2n) is 5.84. The van der Waals surface area contributed by atoms with Crippen molar-refractivity contribution in [2.75, 3.05) is 13.6 Å². The quantitative estimate of drug-likeness (QED) is 0.400. The van der Waals surface area contributed by atoms with Crippen molar-refractivity contribution in [1.29, 1.82) is 0 Å². The second-order valence-corrected chi connectivity index (χ2v) is 5.84. The Morgan fingerprint density at radius 2 is 1.71 bits per heavy atom. The maximum atomic E-state index is 13.1. The largest absolute Gasteiger partial charge is 0.416 e. The van der Waals surface area contributed by atoms with Crippen LogP contribution < -0.4 is 16.0 Å². The van der Waals surface area contributed by atoms with Crippen molar-refractivity contribution in [3.8, 4) is 0 Å². The first-order valence-electron chi connectivity index (χ1n) is 8.40. The molecule has 2 aromatic carbocycles. The van der Waals surface area contributed by atoms with Crippen molar-refractivity contribution in [3.63, 3.8) is 0 Å². The van der Waals surface area contributed by atoms with Gasteiger partial charge < -0.3 is 16.0 Å². The van der Waals surface area contributed by atoms with Gasteiger partial charge in [-0.2, -0.15) is 13.2 Å². The SMILES string of the molecule is CN=C(NCC(=O)NCc1ccccc1)NCc1ccc(F)cc1C(F)(F)F. The molecule has 28 heavy (non-hydrogen) atoms. The van der Waals surface area contributed by atoms with Gasteiger partial charge in [0, 0.05) is 20.1 Å². The van der Waals surface area contributed by atoms with Crippen LogP contribution in [0.3, 0.4) is 0 Å². The minimum absolute atomic E-state index is 0.109. The molecule has 0 aliphatic heterocycles. The number of nitrogens with zero attached hydrogens (tertiary/aromatic N) is 1. The van der Waals surface area contributed by atoms with E-state index in [1.807, 2.05) is 30.3 Å². The average Bonchev–Trinajstić information content (AvgIpc) is 2.67. The number of hydrogen-bond acceptors (Lipinski definition) is 2. The highest BCUT2D eigenvalue weighted by Crippen LogP contribution is 2.32. The number of rotatable bonds is 6. The normalized spacial score (nSPS) is 11.8. The summed E-state index contributed by atoms with van der Waals surface area (Å²) >= 11 is 0. The fourth-order valence-corrected chi connectivity index (χ4v) is 2.39. The molecule has 0 heterocycles. The molecule has 0 bridgehead atoms.